The van der Waals surface area contributed by atoms with Crippen LogP contribution in [0.5, 0.6) is 5.88 Å². The zero-order valence-electron chi connectivity index (χ0n) is 12.5. The van der Waals surface area contributed by atoms with E-state index in [4.69, 9.17) is 4.74 Å². The fourth-order valence-corrected chi connectivity index (χ4v) is 2.57. The largest absolute Gasteiger partial charge is 0.478 e. The van der Waals surface area contributed by atoms with Gasteiger partial charge >= 0.3 is 0 Å². The van der Waals surface area contributed by atoms with Gasteiger partial charge in [0.1, 0.15) is 12.1 Å². The SMILES string of the molecule is CCOc1cc(N2CCCC(O)(CC(=O)NC)C2)ncn1. The fraction of sp³-hybridized carbons (Fsp3) is 0.643. The zero-order valence-corrected chi connectivity index (χ0v) is 12.5. The minimum absolute atomic E-state index is 0.101. The highest BCUT2D eigenvalue weighted by atomic mass is 16.5. The van der Waals surface area contributed by atoms with E-state index < -0.39 is 5.60 Å². The molecule has 0 spiro atoms. The summed E-state index contributed by atoms with van der Waals surface area (Å²) in [6, 6.07) is 1.76. The number of carbonyl (C=O) groups is 1. The zero-order chi connectivity index (χ0) is 15.3. The summed E-state index contributed by atoms with van der Waals surface area (Å²) < 4.78 is 5.37. The van der Waals surface area contributed by atoms with Crippen LogP contribution in [0.25, 0.3) is 0 Å². The van der Waals surface area contributed by atoms with Gasteiger partial charge in [-0.25, -0.2) is 9.97 Å². The van der Waals surface area contributed by atoms with Crippen molar-refractivity contribution < 1.29 is 14.6 Å². The van der Waals surface area contributed by atoms with Crippen LogP contribution in [-0.4, -0.2) is 53.3 Å². The number of carbonyl (C=O) groups excluding carboxylic acids is 1. The molecule has 0 bridgehead atoms. The second-order valence-electron chi connectivity index (χ2n) is 5.25. The predicted molar refractivity (Wildman–Crippen MR) is 78.3 cm³/mol. The maximum Gasteiger partial charge on any atom is 0.222 e. The van der Waals surface area contributed by atoms with E-state index in [-0.39, 0.29) is 12.3 Å². The number of β-amino-alcohol motifs (C(OH)–C–C–N with tert-alkyl or cyclic N) is 1. The first-order chi connectivity index (χ1) is 10.1. The van der Waals surface area contributed by atoms with E-state index in [1.807, 2.05) is 11.8 Å². The molecule has 21 heavy (non-hydrogen) atoms. The van der Waals surface area contributed by atoms with Crippen LogP contribution in [0.15, 0.2) is 12.4 Å². The average Bonchev–Trinajstić information content (AvgIpc) is 2.47. The summed E-state index contributed by atoms with van der Waals surface area (Å²) >= 11 is 0. The normalized spacial score (nSPS) is 22.0. The molecule has 0 aliphatic carbocycles. The first-order valence-corrected chi connectivity index (χ1v) is 7.19. The van der Waals surface area contributed by atoms with Gasteiger partial charge in [0.25, 0.3) is 0 Å². The summed E-state index contributed by atoms with van der Waals surface area (Å²) in [5.41, 5.74) is -1.02. The number of hydrogen-bond acceptors (Lipinski definition) is 6. The van der Waals surface area contributed by atoms with Gasteiger partial charge in [-0.2, -0.15) is 0 Å². The molecule has 2 rings (SSSR count). The topological polar surface area (TPSA) is 87.6 Å². The maximum atomic E-state index is 11.5. The molecular weight excluding hydrogens is 272 g/mol. The number of aliphatic hydroxyl groups is 1. The lowest BCUT2D eigenvalue weighted by molar-refractivity contribution is -0.125. The Morgan fingerprint density at radius 3 is 3.10 bits per heavy atom. The third-order valence-electron chi connectivity index (χ3n) is 3.57. The number of aromatic nitrogens is 2. The molecule has 1 amide bonds. The van der Waals surface area contributed by atoms with Crippen molar-refractivity contribution in [2.24, 2.45) is 0 Å². The molecule has 1 unspecified atom stereocenters. The summed E-state index contributed by atoms with van der Waals surface area (Å²) in [5, 5.41) is 13.2. The molecule has 0 saturated carbocycles. The van der Waals surface area contributed by atoms with E-state index in [1.165, 1.54) is 6.33 Å². The number of rotatable bonds is 5. The van der Waals surface area contributed by atoms with Gasteiger partial charge in [0.05, 0.1) is 18.6 Å². The number of amides is 1. The molecule has 7 heteroatoms. The summed E-state index contributed by atoms with van der Waals surface area (Å²) in [5.74, 6) is 1.07. The number of hydrogen-bond donors (Lipinski definition) is 2. The van der Waals surface area contributed by atoms with Crippen LogP contribution >= 0.6 is 0 Å². The van der Waals surface area contributed by atoms with Crippen LogP contribution in [0.1, 0.15) is 26.2 Å². The van der Waals surface area contributed by atoms with Gasteiger partial charge in [0.2, 0.25) is 11.8 Å². The molecule has 2 heterocycles. The van der Waals surface area contributed by atoms with Crippen LogP contribution in [0, 0.1) is 0 Å². The lowest BCUT2D eigenvalue weighted by atomic mass is 9.89. The fourth-order valence-electron chi connectivity index (χ4n) is 2.57. The molecule has 1 aromatic rings. The Kier molecular flexibility index (Phi) is 4.95. The monoisotopic (exact) mass is 294 g/mol. The van der Waals surface area contributed by atoms with Gasteiger partial charge in [0, 0.05) is 26.2 Å². The Labute approximate surface area is 124 Å². The molecule has 7 nitrogen and oxygen atoms in total. The molecule has 116 valence electrons. The van der Waals surface area contributed by atoms with Crippen molar-refractivity contribution in [2.45, 2.75) is 31.8 Å². The highest BCUT2D eigenvalue weighted by Gasteiger charge is 2.35. The van der Waals surface area contributed by atoms with Gasteiger partial charge in [-0.3, -0.25) is 4.79 Å². The molecule has 0 aromatic carbocycles. The summed E-state index contributed by atoms with van der Waals surface area (Å²) in [6.07, 6.45) is 2.97. The Morgan fingerprint density at radius 1 is 1.57 bits per heavy atom. The molecule has 1 atom stereocenters. The van der Waals surface area contributed by atoms with Crippen LogP contribution in [0.4, 0.5) is 5.82 Å². The van der Waals surface area contributed by atoms with E-state index in [0.717, 1.165) is 13.0 Å². The Balaban J connectivity index is 2.09. The van der Waals surface area contributed by atoms with Crippen molar-refractivity contribution in [3.8, 4) is 5.88 Å². The van der Waals surface area contributed by atoms with Gasteiger partial charge in [0.15, 0.2) is 0 Å². The molecule has 2 N–H and O–H groups in total. The number of nitrogens with zero attached hydrogens (tertiary/aromatic N) is 3. The number of nitrogens with one attached hydrogen (secondary N) is 1. The van der Waals surface area contributed by atoms with Crippen molar-refractivity contribution >= 4 is 11.7 Å². The molecule has 1 aliphatic rings. The van der Waals surface area contributed by atoms with E-state index in [2.05, 4.69) is 15.3 Å². The van der Waals surface area contributed by atoms with Crippen molar-refractivity contribution in [3.05, 3.63) is 12.4 Å². The van der Waals surface area contributed by atoms with E-state index >= 15 is 0 Å². The molecule has 1 fully saturated rings. The second-order valence-corrected chi connectivity index (χ2v) is 5.25. The van der Waals surface area contributed by atoms with E-state index in [0.29, 0.717) is 31.3 Å². The molecular formula is C14H22N4O3. The highest BCUT2D eigenvalue weighted by Crippen LogP contribution is 2.28. The first kappa shape index (κ1) is 15.5. The van der Waals surface area contributed by atoms with Crippen molar-refractivity contribution in [3.63, 3.8) is 0 Å². The van der Waals surface area contributed by atoms with Gasteiger partial charge in [-0.15, -0.1) is 0 Å². The predicted octanol–water partition coefficient (Wildman–Crippen LogP) is 0.343. The van der Waals surface area contributed by atoms with Gasteiger partial charge < -0.3 is 20.1 Å². The van der Waals surface area contributed by atoms with Crippen molar-refractivity contribution in [1.82, 2.24) is 15.3 Å². The van der Waals surface area contributed by atoms with Crippen LogP contribution < -0.4 is 15.0 Å². The molecule has 0 radical (unpaired) electrons. The van der Waals surface area contributed by atoms with Crippen LogP contribution in [0.3, 0.4) is 0 Å². The first-order valence-electron chi connectivity index (χ1n) is 7.19. The maximum absolute atomic E-state index is 11.5. The minimum atomic E-state index is -1.02. The third kappa shape index (κ3) is 4.04. The van der Waals surface area contributed by atoms with Crippen LogP contribution in [0.2, 0.25) is 0 Å². The van der Waals surface area contributed by atoms with Gasteiger partial charge in [-0.05, 0) is 19.8 Å². The van der Waals surface area contributed by atoms with E-state index in [1.54, 1.807) is 13.1 Å². The summed E-state index contributed by atoms with van der Waals surface area (Å²) in [4.78, 5) is 21.8. The smallest absolute Gasteiger partial charge is 0.222 e. The Morgan fingerprint density at radius 2 is 2.38 bits per heavy atom. The lowest BCUT2D eigenvalue weighted by Gasteiger charge is -2.39. The lowest BCUT2D eigenvalue weighted by Crippen LogP contribution is -2.50. The Bertz CT molecular complexity index is 497. The second kappa shape index (κ2) is 6.71. The molecule has 1 aromatic heterocycles. The average molecular weight is 294 g/mol. The summed E-state index contributed by atoms with van der Waals surface area (Å²) in [7, 11) is 1.57. The van der Waals surface area contributed by atoms with Gasteiger partial charge in [-0.1, -0.05) is 0 Å². The van der Waals surface area contributed by atoms with Crippen LogP contribution in [-0.2, 0) is 4.79 Å². The summed E-state index contributed by atoms with van der Waals surface area (Å²) in [6.45, 7) is 3.60. The Hall–Kier alpha value is -1.89. The van der Waals surface area contributed by atoms with Crippen molar-refractivity contribution in [2.75, 3.05) is 31.6 Å². The highest BCUT2D eigenvalue weighted by molar-refractivity contribution is 5.76. The number of piperidine rings is 1. The third-order valence-corrected chi connectivity index (χ3v) is 3.57. The number of anilines is 1. The standard InChI is InChI=1S/C14H22N4O3/c1-3-21-13-7-11(16-10-17-13)18-6-4-5-14(20,9-18)8-12(19)15-2/h7,10,20H,3-6,8-9H2,1-2H3,(H,15,19). The quantitative estimate of drug-likeness (QED) is 0.814. The minimum Gasteiger partial charge on any atom is -0.478 e. The van der Waals surface area contributed by atoms with Crippen molar-refractivity contribution in [1.29, 1.82) is 0 Å². The number of ether oxygens (including phenoxy) is 1. The van der Waals surface area contributed by atoms with E-state index in [9.17, 15) is 9.90 Å². The molecule has 1 saturated heterocycles. The molecule has 1 aliphatic heterocycles.